The van der Waals surface area contributed by atoms with E-state index in [0.29, 0.717) is 35.7 Å². The van der Waals surface area contributed by atoms with Crippen LogP contribution in [0.5, 0.6) is 11.5 Å². The zero-order valence-electron chi connectivity index (χ0n) is 13.3. The number of allylic oxidation sites excluding steroid dienone is 2. The maximum Gasteiger partial charge on any atom is 0.231 e. The van der Waals surface area contributed by atoms with Crippen molar-refractivity contribution in [3.8, 4) is 17.6 Å². The summed E-state index contributed by atoms with van der Waals surface area (Å²) in [6.07, 6.45) is 0.396. The molecule has 2 N–H and O–H groups in total. The third-order valence-corrected chi connectivity index (χ3v) is 4.88. The van der Waals surface area contributed by atoms with Gasteiger partial charge in [0.2, 0.25) is 6.79 Å². The van der Waals surface area contributed by atoms with Crippen molar-refractivity contribution >= 4 is 5.78 Å². The van der Waals surface area contributed by atoms with Gasteiger partial charge in [0.25, 0.3) is 0 Å². The van der Waals surface area contributed by atoms with Gasteiger partial charge in [-0.2, -0.15) is 5.26 Å². The van der Waals surface area contributed by atoms with Crippen molar-refractivity contribution in [3.05, 3.63) is 35.1 Å². The minimum Gasteiger partial charge on any atom is -0.478 e. The van der Waals surface area contributed by atoms with Crippen LogP contribution < -0.4 is 15.2 Å². The Morgan fingerprint density at radius 3 is 2.83 bits per heavy atom. The molecule has 3 aliphatic rings. The quantitative estimate of drug-likeness (QED) is 0.850. The van der Waals surface area contributed by atoms with Gasteiger partial charge in [-0.15, -0.1) is 0 Å². The van der Waals surface area contributed by atoms with Gasteiger partial charge in [-0.25, -0.2) is 0 Å². The molecular weight excluding hydrogens is 308 g/mol. The lowest BCUT2D eigenvalue weighted by Gasteiger charge is -2.39. The van der Waals surface area contributed by atoms with Gasteiger partial charge in [-0.05, 0) is 23.6 Å². The topological polar surface area (TPSA) is 94.6 Å². The second-order valence-electron chi connectivity index (χ2n) is 6.60. The first kappa shape index (κ1) is 15.0. The van der Waals surface area contributed by atoms with Crippen molar-refractivity contribution in [1.82, 2.24) is 0 Å². The second kappa shape index (κ2) is 5.53. The number of ether oxygens (including phenoxy) is 3. The lowest BCUT2D eigenvalue weighted by Crippen LogP contribution is -2.43. The molecule has 6 heteroatoms. The number of carbonyl (C=O) groups is 1. The van der Waals surface area contributed by atoms with Crippen LogP contribution >= 0.6 is 0 Å². The van der Waals surface area contributed by atoms with Crippen LogP contribution in [0, 0.1) is 23.2 Å². The summed E-state index contributed by atoms with van der Waals surface area (Å²) < 4.78 is 16.5. The third-order valence-electron chi connectivity index (χ3n) is 4.88. The van der Waals surface area contributed by atoms with Gasteiger partial charge < -0.3 is 14.2 Å². The van der Waals surface area contributed by atoms with E-state index in [4.69, 9.17) is 19.9 Å². The Hall–Kier alpha value is -2.52. The largest absolute Gasteiger partial charge is 0.478 e. The summed E-state index contributed by atoms with van der Waals surface area (Å²) >= 11 is 0. The van der Waals surface area contributed by atoms with E-state index in [9.17, 15) is 10.1 Å². The highest BCUT2D eigenvalue weighted by Gasteiger charge is 2.44. The minimum atomic E-state index is -0.748. The number of hydrogen-bond donors (Lipinski definition) is 1. The van der Waals surface area contributed by atoms with E-state index < -0.39 is 18.1 Å². The molecule has 1 aliphatic carbocycles. The fourth-order valence-electron chi connectivity index (χ4n) is 3.77. The van der Waals surface area contributed by atoms with Crippen LogP contribution in [-0.2, 0) is 9.53 Å². The first-order valence-corrected chi connectivity index (χ1v) is 8.06. The fraction of sp³-hybridized carbons (Fsp3) is 0.444. The Bertz CT molecular complexity index is 780. The molecule has 0 spiro atoms. The number of carbonyl (C=O) groups excluding carboxylic acids is 1. The molecule has 4 unspecified atom stereocenters. The van der Waals surface area contributed by atoms with Crippen LogP contribution in [0.15, 0.2) is 29.5 Å². The molecule has 124 valence electrons. The molecule has 2 aliphatic heterocycles. The van der Waals surface area contributed by atoms with Crippen molar-refractivity contribution in [2.24, 2.45) is 17.6 Å². The smallest absolute Gasteiger partial charge is 0.231 e. The van der Waals surface area contributed by atoms with Crippen LogP contribution in [0.1, 0.15) is 31.2 Å². The standard InChI is InChI=1S/C18H18N2O4/c1-9-4-12(21)17-15(5-9)24-18(20)11(7-19)16(17)10-2-3-13-14(6-10)23-8-22-13/h2-3,6,9,11,16,18H,4-5,8,20H2,1H3. The Labute approximate surface area is 139 Å². The number of nitrogens with zero attached hydrogens (tertiary/aromatic N) is 1. The summed E-state index contributed by atoms with van der Waals surface area (Å²) in [5, 5.41) is 9.62. The van der Waals surface area contributed by atoms with Crippen molar-refractivity contribution in [2.45, 2.75) is 31.9 Å². The van der Waals surface area contributed by atoms with Gasteiger partial charge in [0.1, 0.15) is 11.7 Å². The van der Waals surface area contributed by atoms with Crippen LogP contribution in [-0.4, -0.2) is 18.8 Å². The molecule has 0 fully saturated rings. The molecule has 1 aromatic carbocycles. The monoisotopic (exact) mass is 326 g/mol. The molecule has 0 radical (unpaired) electrons. The van der Waals surface area contributed by atoms with Gasteiger partial charge >= 0.3 is 0 Å². The fourth-order valence-corrected chi connectivity index (χ4v) is 3.77. The normalized spacial score (nSPS) is 31.3. The predicted molar refractivity (Wildman–Crippen MR) is 83.9 cm³/mol. The molecule has 1 aromatic rings. The number of nitrogens with two attached hydrogens (primary N) is 1. The van der Waals surface area contributed by atoms with Crippen LogP contribution in [0.4, 0.5) is 0 Å². The molecule has 6 nitrogen and oxygen atoms in total. The van der Waals surface area contributed by atoms with E-state index in [2.05, 4.69) is 6.07 Å². The van der Waals surface area contributed by atoms with Crippen LogP contribution in [0.25, 0.3) is 0 Å². The van der Waals surface area contributed by atoms with Crippen LogP contribution in [0.3, 0.4) is 0 Å². The lowest BCUT2D eigenvalue weighted by molar-refractivity contribution is -0.118. The number of rotatable bonds is 1. The van der Waals surface area contributed by atoms with E-state index in [1.807, 2.05) is 25.1 Å². The van der Waals surface area contributed by atoms with E-state index in [-0.39, 0.29) is 18.5 Å². The first-order chi connectivity index (χ1) is 11.6. The van der Waals surface area contributed by atoms with Gasteiger partial charge in [0, 0.05) is 24.3 Å². The number of nitriles is 1. The summed E-state index contributed by atoms with van der Waals surface area (Å²) in [4.78, 5) is 12.7. The Morgan fingerprint density at radius 2 is 2.04 bits per heavy atom. The number of hydrogen-bond acceptors (Lipinski definition) is 6. The summed E-state index contributed by atoms with van der Waals surface area (Å²) in [5.41, 5.74) is 7.51. The second-order valence-corrected chi connectivity index (χ2v) is 6.60. The van der Waals surface area contributed by atoms with Crippen molar-refractivity contribution in [1.29, 1.82) is 5.26 Å². The van der Waals surface area contributed by atoms with E-state index in [1.54, 1.807) is 0 Å². The Morgan fingerprint density at radius 1 is 1.25 bits per heavy atom. The molecule has 0 aromatic heterocycles. The van der Waals surface area contributed by atoms with Crippen molar-refractivity contribution in [3.63, 3.8) is 0 Å². The van der Waals surface area contributed by atoms with Crippen LogP contribution in [0.2, 0.25) is 0 Å². The zero-order valence-corrected chi connectivity index (χ0v) is 13.3. The summed E-state index contributed by atoms with van der Waals surface area (Å²) in [6.45, 7) is 2.20. The van der Waals surface area contributed by atoms with Crippen molar-refractivity contribution in [2.75, 3.05) is 6.79 Å². The van der Waals surface area contributed by atoms with Gasteiger partial charge in [-0.1, -0.05) is 13.0 Å². The molecule has 0 saturated carbocycles. The highest BCUT2D eigenvalue weighted by Crippen LogP contribution is 2.47. The minimum absolute atomic E-state index is 0.0403. The SMILES string of the molecule is CC1CC(=O)C2=C(C1)OC(N)C(C#N)C2c1ccc2c(c1)OCO2. The maximum absolute atomic E-state index is 12.7. The van der Waals surface area contributed by atoms with E-state index in [1.165, 1.54) is 0 Å². The molecule has 0 saturated heterocycles. The average molecular weight is 326 g/mol. The predicted octanol–water partition coefficient (Wildman–Crippen LogP) is 2.21. The highest BCUT2D eigenvalue weighted by molar-refractivity contribution is 5.98. The molecular formula is C18H18N2O4. The van der Waals surface area contributed by atoms with Crippen molar-refractivity contribution < 1.29 is 19.0 Å². The molecule has 2 heterocycles. The molecule has 0 bridgehead atoms. The number of benzene rings is 1. The zero-order chi connectivity index (χ0) is 16.8. The molecule has 0 amide bonds. The molecule has 24 heavy (non-hydrogen) atoms. The summed E-state index contributed by atoms with van der Waals surface area (Å²) in [7, 11) is 0. The summed E-state index contributed by atoms with van der Waals surface area (Å²) in [5.74, 6) is 1.17. The summed E-state index contributed by atoms with van der Waals surface area (Å²) in [6, 6.07) is 7.75. The number of ketones is 1. The Balaban J connectivity index is 1.84. The maximum atomic E-state index is 12.7. The highest BCUT2D eigenvalue weighted by atomic mass is 16.7. The van der Waals surface area contributed by atoms with E-state index in [0.717, 1.165) is 5.56 Å². The number of fused-ring (bicyclic) bond motifs is 1. The lowest BCUT2D eigenvalue weighted by atomic mass is 9.72. The van der Waals surface area contributed by atoms with Gasteiger partial charge in [0.05, 0.1) is 6.07 Å². The van der Waals surface area contributed by atoms with Gasteiger partial charge in [-0.3, -0.25) is 10.5 Å². The Kier molecular flexibility index (Phi) is 3.47. The third kappa shape index (κ3) is 2.24. The number of Topliss-reactive ketones (excluding diaryl/α,β-unsaturated/α-hetero) is 1. The first-order valence-electron chi connectivity index (χ1n) is 8.06. The van der Waals surface area contributed by atoms with E-state index >= 15 is 0 Å². The molecule has 4 atom stereocenters. The molecule has 4 rings (SSSR count). The average Bonchev–Trinajstić information content (AvgIpc) is 3.00. The van der Waals surface area contributed by atoms with Gasteiger partial charge in [0.15, 0.2) is 23.5 Å².